The van der Waals surface area contributed by atoms with Crippen molar-refractivity contribution in [1.29, 1.82) is 0 Å². The van der Waals surface area contributed by atoms with Crippen LogP contribution >= 0.6 is 15.9 Å². The summed E-state index contributed by atoms with van der Waals surface area (Å²) >= 11 is 3.40. The van der Waals surface area contributed by atoms with Crippen molar-refractivity contribution in [2.45, 2.75) is 24.8 Å². The molecular formula is C18H18BrNO3S. The third kappa shape index (κ3) is 4.20. The Balaban J connectivity index is 2.45. The summed E-state index contributed by atoms with van der Waals surface area (Å²) in [6.45, 7) is 7.01. The fraction of sp³-hybridized carbons (Fsp3) is 0.167. The summed E-state index contributed by atoms with van der Waals surface area (Å²) in [6, 6.07) is 12.8. The van der Waals surface area contributed by atoms with Gasteiger partial charge < -0.3 is 0 Å². The van der Waals surface area contributed by atoms with E-state index in [1.165, 1.54) is 19.1 Å². The normalized spacial score (nSPS) is 12.6. The van der Waals surface area contributed by atoms with Crippen LogP contribution in [0.15, 0.2) is 70.1 Å². The minimum absolute atomic E-state index is 0.140. The number of ketones is 1. The molecular weight excluding hydrogens is 390 g/mol. The quantitative estimate of drug-likeness (QED) is 0.737. The second-order valence-electron chi connectivity index (χ2n) is 5.47. The molecule has 4 nitrogen and oxygen atoms in total. The molecule has 0 fully saturated rings. The average Bonchev–Trinajstić information content (AvgIpc) is 2.53. The molecule has 24 heavy (non-hydrogen) atoms. The van der Waals surface area contributed by atoms with Gasteiger partial charge in [0.25, 0.3) is 0 Å². The van der Waals surface area contributed by atoms with Gasteiger partial charge in [0.15, 0.2) is 5.78 Å². The summed E-state index contributed by atoms with van der Waals surface area (Å²) in [4.78, 5) is 11.9. The number of hydrogen-bond donors (Lipinski definition) is 1. The molecule has 0 aliphatic heterocycles. The van der Waals surface area contributed by atoms with Crippen LogP contribution < -0.4 is 4.72 Å². The monoisotopic (exact) mass is 407 g/mol. The van der Waals surface area contributed by atoms with E-state index in [2.05, 4.69) is 27.2 Å². The molecule has 2 aromatic rings. The lowest BCUT2D eigenvalue weighted by Gasteiger charge is -2.21. The number of carbonyl (C=O) groups is 1. The van der Waals surface area contributed by atoms with Crippen molar-refractivity contribution in [3.8, 4) is 0 Å². The molecule has 0 aliphatic carbocycles. The van der Waals surface area contributed by atoms with Crippen LogP contribution in [-0.2, 0) is 14.8 Å². The minimum Gasteiger partial charge on any atom is -0.295 e. The lowest BCUT2D eigenvalue weighted by atomic mass is 9.98. The largest absolute Gasteiger partial charge is 0.295 e. The molecule has 0 spiro atoms. The molecule has 0 saturated carbocycles. The summed E-state index contributed by atoms with van der Waals surface area (Å²) in [7, 11) is -3.80. The first-order valence-corrected chi connectivity index (χ1v) is 9.53. The number of carbonyl (C=O) groups excluding carboxylic acids is 1. The number of sulfonamides is 1. The van der Waals surface area contributed by atoms with Crippen molar-refractivity contribution in [2.24, 2.45) is 0 Å². The van der Waals surface area contributed by atoms with Gasteiger partial charge in [0.05, 0.1) is 10.9 Å². The molecule has 0 heterocycles. The Hall–Kier alpha value is -1.76. The van der Waals surface area contributed by atoms with Gasteiger partial charge in [-0.3, -0.25) is 4.79 Å². The second kappa shape index (κ2) is 7.42. The molecule has 0 radical (unpaired) electrons. The predicted octanol–water partition coefficient (Wildman–Crippen LogP) is 3.92. The van der Waals surface area contributed by atoms with Crippen molar-refractivity contribution in [3.63, 3.8) is 0 Å². The van der Waals surface area contributed by atoms with Crippen molar-refractivity contribution in [3.05, 3.63) is 76.3 Å². The van der Waals surface area contributed by atoms with E-state index in [0.29, 0.717) is 10.0 Å². The molecule has 0 bridgehead atoms. The Kier molecular flexibility index (Phi) is 5.74. The Morgan fingerprint density at radius 3 is 2.25 bits per heavy atom. The first-order valence-electron chi connectivity index (χ1n) is 7.25. The standard InChI is InChI=1S/C18H18BrNO3S/c1-12-8-10-15(11-9-12)24(22,23)20-18(13(2)14(3)21)16-6-4-5-7-17(16)19/h4-11,18,20H,2H2,1,3H3/t18-/m1/s1. The van der Waals surface area contributed by atoms with Crippen molar-refractivity contribution < 1.29 is 13.2 Å². The molecule has 2 aromatic carbocycles. The van der Waals surface area contributed by atoms with E-state index in [4.69, 9.17) is 0 Å². The number of Topliss-reactive ketones (excluding diaryl/α,β-unsaturated/α-hetero) is 1. The predicted molar refractivity (Wildman–Crippen MR) is 98.2 cm³/mol. The van der Waals surface area contributed by atoms with Crippen LogP contribution in [0.4, 0.5) is 0 Å². The third-order valence-corrected chi connectivity index (χ3v) is 5.78. The number of hydrogen-bond acceptors (Lipinski definition) is 3. The molecule has 0 unspecified atom stereocenters. The highest BCUT2D eigenvalue weighted by atomic mass is 79.9. The van der Waals surface area contributed by atoms with Gasteiger partial charge in [-0.2, -0.15) is 4.72 Å². The molecule has 1 N–H and O–H groups in total. The SMILES string of the molecule is C=C(C(C)=O)[C@@H](NS(=O)(=O)c1ccc(C)cc1)c1ccccc1Br. The highest BCUT2D eigenvalue weighted by molar-refractivity contribution is 9.10. The van der Waals surface area contributed by atoms with Crippen LogP contribution in [0.1, 0.15) is 24.1 Å². The Morgan fingerprint density at radius 2 is 1.71 bits per heavy atom. The second-order valence-corrected chi connectivity index (χ2v) is 8.04. The van der Waals surface area contributed by atoms with Crippen molar-refractivity contribution >= 4 is 31.7 Å². The summed E-state index contributed by atoms with van der Waals surface area (Å²) in [5.41, 5.74) is 1.77. The Morgan fingerprint density at radius 1 is 1.12 bits per heavy atom. The molecule has 1 atom stereocenters. The van der Waals surface area contributed by atoms with Gasteiger partial charge in [-0.05, 0) is 37.6 Å². The van der Waals surface area contributed by atoms with Gasteiger partial charge in [0.2, 0.25) is 10.0 Å². The molecule has 0 amide bonds. The smallest absolute Gasteiger partial charge is 0.241 e. The maximum absolute atomic E-state index is 12.7. The minimum atomic E-state index is -3.80. The number of halogens is 1. The zero-order valence-corrected chi connectivity index (χ0v) is 15.8. The fourth-order valence-corrected chi connectivity index (χ4v) is 3.90. The molecule has 0 aromatic heterocycles. The van der Waals surface area contributed by atoms with E-state index >= 15 is 0 Å². The van der Waals surface area contributed by atoms with E-state index in [1.54, 1.807) is 30.3 Å². The first kappa shape index (κ1) is 18.6. The van der Waals surface area contributed by atoms with E-state index < -0.39 is 16.1 Å². The zero-order chi connectivity index (χ0) is 17.9. The number of rotatable bonds is 6. The summed E-state index contributed by atoms with van der Waals surface area (Å²) < 4.78 is 28.7. The van der Waals surface area contributed by atoms with Crippen LogP contribution in [-0.4, -0.2) is 14.2 Å². The van der Waals surface area contributed by atoms with E-state index in [1.807, 2.05) is 13.0 Å². The van der Waals surface area contributed by atoms with Crippen LogP contribution in [0.25, 0.3) is 0 Å². The van der Waals surface area contributed by atoms with Crippen LogP contribution in [0.5, 0.6) is 0 Å². The van der Waals surface area contributed by atoms with Gasteiger partial charge in [-0.15, -0.1) is 0 Å². The van der Waals surface area contributed by atoms with E-state index in [9.17, 15) is 13.2 Å². The number of benzene rings is 2. The molecule has 2 rings (SSSR count). The van der Waals surface area contributed by atoms with Crippen molar-refractivity contribution in [1.82, 2.24) is 4.72 Å². The number of nitrogens with one attached hydrogen (secondary N) is 1. The number of aryl methyl sites for hydroxylation is 1. The van der Waals surface area contributed by atoms with Crippen LogP contribution in [0.3, 0.4) is 0 Å². The maximum Gasteiger partial charge on any atom is 0.241 e. The molecule has 0 saturated heterocycles. The lowest BCUT2D eigenvalue weighted by molar-refractivity contribution is -0.113. The Bertz CT molecular complexity index is 873. The molecule has 0 aliphatic rings. The topological polar surface area (TPSA) is 63.2 Å². The highest BCUT2D eigenvalue weighted by Crippen LogP contribution is 2.29. The Labute approximate surface area is 150 Å². The highest BCUT2D eigenvalue weighted by Gasteiger charge is 2.26. The lowest BCUT2D eigenvalue weighted by Crippen LogP contribution is -2.31. The van der Waals surface area contributed by atoms with Gasteiger partial charge >= 0.3 is 0 Å². The molecule has 6 heteroatoms. The van der Waals surface area contributed by atoms with E-state index in [0.717, 1.165) is 5.56 Å². The molecule has 126 valence electrons. The van der Waals surface area contributed by atoms with Gasteiger partial charge in [-0.1, -0.05) is 58.4 Å². The summed E-state index contributed by atoms with van der Waals surface area (Å²) in [6.07, 6.45) is 0. The third-order valence-electron chi connectivity index (χ3n) is 3.62. The fourth-order valence-electron chi connectivity index (χ4n) is 2.18. The summed E-state index contributed by atoms with van der Waals surface area (Å²) in [5, 5.41) is 0. The first-order chi connectivity index (χ1) is 11.2. The zero-order valence-electron chi connectivity index (χ0n) is 13.4. The maximum atomic E-state index is 12.7. The summed E-state index contributed by atoms with van der Waals surface area (Å²) in [5.74, 6) is -0.276. The van der Waals surface area contributed by atoms with Crippen LogP contribution in [0.2, 0.25) is 0 Å². The van der Waals surface area contributed by atoms with Crippen LogP contribution in [0, 0.1) is 6.92 Å². The van der Waals surface area contributed by atoms with Gasteiger partial charge in [0.1, 0.15) is 0 Å². The van der Waals surface area contributed by atoms with Crippen molar-refractivity contribution in [2.75, 3.05) is 0 Å². The van der Waals surface area contributed by atoms with Gasteiger partial charge in [-0.25, -0.2) is 8.42 Å². The van der Waals surface area contributed by atoms with E-state index in [-0.39, 0.29) is 16.3 Å². The van der Waals surface area contributed by atoms with Gasteiger partial charge in [0, 0.05) is 10.0 Å². The average molecular weight is 408 g/mol.